The van der Waals surface area contributed by atoms with Gasteiger partial charge >= 0.3 is 0 Å². The molecular weight excluding hydrogens is 202 g/mol. The molecule has 2 unspecified atom stereocenters. The van der Waals surface area contributed by atoms with Crippen molar-refractivity contribution < 1.29 is 9.47 Å². The maximum absolute atomic E-state index is 5.79. The molecule has 0 amide bonds. The molecule has 16 heavy (non-hydrogen) atoms. The molecule has 2 atom stereocenters. The van der Waals surface area contributed by atoms with E-state index in [2.05, 4.69) is 33.0 Å². The summed E-state index contributed by atoms with van der Waals surface area (Å²) >= 11 is 0. The van der Waals surface area contributed by atoms with Crippen LogP contribution in [0.25, 0.3) is 0 Å². The van der Waals surface area contributed by atoms with Crippen LogP contribution in [0.15, 0.2) is 0 Å². The number of nitrogens with one attached hydrogen (secondary N) is 1. The minimum atomic E-state index is 0.00871. The highest BCUT2D eigenvalue weighted by atomic mass is 16.5. The first-order valence-electron chi connectivity index (χ1n) is 6.54. The molecule has 0 bridgehead atoms. The van der Waals surface area contributed by atoms with E-state index >= 15 is 0 Å². The van der Waals surface area contributed by atoms with Crippen LogP contribution in [0.3, 0.4) is 0 Å². The molecule has 0 saturated carbocycles. The number of hydrogen-bond acceptors (Lipinski definition) is 3. The molecular formula is C13H27NO2. The molecule has 3 nitrogen and oxygen atoms in total. The van der Waals surface area contributed by atoms with E-state index in [0.29, 0.717) is 12.1 Å². The van der Waals surface area contributed by atoms with Crippen molar-refractivity contribution in [1.82, 2.24) is 5.32 Å². The lowest BCUT2D eigenvalue weighted by Gasteiger charge is -2.25. The molecule has 1 aliphatic rings. The fraction of sp³-hybridized carbons (Fsp3) is 1.00. The summed E-state index contributed by atoms with van der Waals surface area (Å²) in [4.78, 5) is 0. The van der Waals surface area contributed by atoms with Gasteiger partial charge in [-0.2, -0.15) is 0 Å². The van der Waals surface area contributed by atoms with Gasteiger partial charge in [-0.3, -0.25) is 0 Å². The monoisotopic (exact) mass is 229 g/mol. The zero-order valence-electron chi connectivity index (χ0n) is 11.2. The van der Waals surface area contributed by atoms with Crippen molar-refractivity contribution in [3.8, 4) is 0 Å². The van der Waals surface area contributed by atoms with Crippen LogP contribution in [0.5, 0.6) is 0 Å². The van der Waals surface area contributed by atoms with Gasteiger partial charge in [-0.1, -0.05) is 6.92 Å². The highest BCUT2D eigenvalue weighted by Crippen LogP contribution is 2.15. The number of hydrogen-bond donors (Lipinski definition) is 1. The minimum absolute atomic E-state index is 0.00871. The highest BCUT2D eigenvalue weighted by molar-refractivity contribution is 4.76. The maximum atomic E-state index is 5.79. The van der Waals surface area contributed by atoms with Crippen LogP contribution < -0.4 is 5.32 Å². The van der Waals surface area contributed by atoms with Crippen LogP contribution in [0.4, 0.5) is 0 Å². The van der Waals surface area contributed by atoms with Gasteiger partial charge < -0.3 is 14.8 Å². The summed E-state index contributed by atoms with van der Waals surface area (Å²) in [5.41, 5.74) is 0.00871. The molecule has 1 aliphatic heterocycles. The Morgan fingerprint density at radius 2 is 2.25 bits per heavy atom. The normalized spacial score (nSPS) is 23.6. The molecule has 3 heteroatoms. The molecule has 0 spiro atoms. The van der Waals surface area contributed by atoms with Crippen molar-refractivity contribution in [1.29, 1.82) is 0 Å². The van der Waals surface area contributed by atoms with Crippen LogP contribution >= 0.6 is 0 Å². The average molecular weight is 229 g/mol. The summed E-state index contributed by atoms with van der Waals surface area (Å²) in [5, 5.41) is 3.47. The summed E-state index contributed by atoms with van der Waals surface area (Å²) in [7, 11) is 0. The molecule has 0 aromatic heterocycles. The van der Waals surface area contributed by atoms with E-state index in [1.54, 1.807) is 0 Å². The first kappa shape index (κ1) is 13.9. The molecule has 1 rings (SSSR count). The molecule has 0 aromatic rings. The summed E-state index contributed by atoms with van der Waals surface area (Å²) in [6.45, 7) is 11.2. The van der Waals surface area contributed by atoms with Gasteiger partial charge in [0, 0.05) is 19.2 Å². The molecule has 0 aromatic carbocycles. The van der Waals surface area contributed by atoms with Crippen molar-refractivity contribution in [2.45, 2.75) is 64.7 Å². The zero-order valence-corrected chi connectivity index (χ0v) is 11.2. The van der Waals surface area contributed by atoms with Gasteiger partial charge in [-0.05, 0) is 40.0 Å². The van der Waals surface area contributed by atoms with Gasteiger partial charge in [-0.15, -0.1) is 0 Å². The molecule has 96 valence electrons. The topological polar surface area (TPSA) is 30.5 Å². The Morgan fingerprint density at radius 3 is 2.81 bits per heavy atom. The molecule has 1 fully saturated rings. The summed E-state index contributed by atoms with van der Waals surface area (Å²) in [6.07, 6.45) is 3.85. The second kappa shape index (κ2) is 6.58. The van der Waals surface area contributed by atoms with E-state index in [4.69, 9.17) is 9.47 Å². The van der Waals surface area contributed by atoms with Crippen molar-refractivity contribution in [2.75, 3.05) is 19.8 Å². The van der Waals surface area contributed by atoms with Crippen molar-refractivity contribution in [3.05, 3.63) is 0 Å². The van der Waals surface area contributed by atoms with Gasteiger partial charge in [0.05, 0.1) is 18.3 Å². The highest BCUT2D eigenvalue weighted by Gasteiger charge is 2.22. The summed E-state index contributed by atoms with van der Waals surface area (Å²) in [5.74, 6) is 0. The van der Waals surface area contributed by atoms with Crippen LogP contribution in [0, 0.1) is 0 Å². The van der Waals surface area contributed by atoms with E-state index < -0.39 is 0 Å². The molecule has 0 radical (unpaired) electrons. The molecule has 1 heterocycles. The van der Waals surface area contributed by atoms with Crippen LogP contribution in [0.2, 0.25) is 0 Å². The Labute approximate surface area is 99.9 Å². The van der Waals surface area contributed by atoms with Crippen LogP contribution in [-0.4, -0.2) is 37.5 Å². The lowest BCUT2D eigenvalue weighted by atomic mass is 10.1. The Morgan fingerprint density at radius 1 is 1.50 bits per heavy atom. The Kier molecular flexibility index (Phi) is 5.73. The first-order chi connectivity index (χ1) is 7.55. The minimum Gasteiger partial charge on any atom is -0.377 e. The third-order valence-corrected chi connectivity index (χ3v) is 3.44. The Bertz CT molecular complexity index is 188. The zero-order chi connectivity index (χ0) is 12.0. The van der Waals surface area contributed by atoms with Gasteiger partial charge in [0.25, 0.3) is 0 Å². The molecule has 0 aliphatic carbocycles. The largest absolute Gasteiger partial charge is 0.377 e. The molecule has 1 saturated heterocycles. The van der Waals surface area contributed by atoms with Gasteiger partial charge in [0.1, 0.15) is 0 Å². The maximum Gasteiger partial charge on any atom is 0.0726 e. The van der Waals surface area contributed by atoms with Crippen LogP contribution in [-0.2, 0) is 9.47 Å². The standard InChI is InChI=1S/C13H27NO2/c1-5-13(3,4)16-10-8-14-11(2)12-7-6-9-15-12/h11-12,14H,5-10H2,1-4H3. The number of ether oxygens (including phenoxy) is 2. The van der Waals surface area contributed by atoms with E-state index in [1.807, 2.05) is 0 Å². The summed E-state index contributed by atoms with van der Waals surface area (Å²) < 4.78 is 11.4. The smallest absolute Gasteiger partial charge is 0.0726 e. The van der Waals surface area contributed by atoms with E-state index in [9.17, 15) is 0 Å². The van der Waals surface area contributed by atoms with Crippen molar-refractivity contribution in [2.24, 2.45) is 0 Å². The molecule has 1 N–H and O–H groups in total. The van der Waals surface area contributed by atoms with E-state index in [0.717, 1.165) is 26.2 Å². The predicted octanol–water partition coefficient (Wildman–Crippen LogP) is 2.35. The Balaban J connectivity index is 2.06. The quantitative estimate of drug-likeness (QED) is 0.680. The fourth-order valence-electron chi connectivity index (χ4n) is 1.84. The lowest BCUT2D eigenvalue weighted by Crippen LogP contribution is -2.39. The third-order valence-electron chi connectivity index (χ3n) is 3.44. The second-order valence-electron chi connectivity index (χ2n) is 5.26. The summed E-state index contributed by atoms with van der Waals surface area (Å²) in [6, 6.07) is 0.441. The second-order valence-corrected chi connectivity index (χ2v) is 5.26. The number of rotatable bonds is 7. The van der Waals surface area contributed by atoms with E-state index in [-0.39, 0.29) is 5.60 Å². The van der Waals surface area contributed by atoms with Crippen molar-refractivity contribution >= 4 is 0 Å². The van der Waals surface area contributed by atoms with E-state index in [1.165, 1.54) is 12.8 Å². The Hall–Kier alpha value is -0.120. The van der Waals surface area contributed by atoms with Crippen LogP contribution in [0.1, 0.15) is 47.0 Å². The predicted molar refractivity (Wildman–Crippen MR) is 66.8 cm³/mol. The first-order valence-corrected chi connectivity index (χ1v) is 6.54. The SMILES string of the molecule is CCC(C)(C)OCCNC(C)C1CCCO1. The lowest BCUT2D eigenvalue weighted by molar-refractivity contribution is -0.0203. The van der Waals surface area contributed by atoms with Crippen molar-refractivity contribution in [3.63, 3.8) is 0 Å². The fourth-order valence-corrected chi connectivity index (χ4v) is 1.84. The van der Waals surface area contributed by atoms with Gasteiger partial charge in [0.15, 0.2) is 0 Å². The van der Waals surface area contributed by atoms with Gasteiger partial charge in [-0.25, -0.2) is 0 Å². The average Bonchev–Trinajstić information content (AvgIpc) is 2.77. The third kappa shape index (κ3) is 4.81. The van der Waals surface area contributed by atoms with Gasteiger partial charge in [0.2, 0.25) is 0 Å².